The van der Waals surface area contributed by atoms with Gasteiger partial charge in [0.2, 0.25) is 5.91 Å². The Hall–Kier alpha value is -1.86. The van der Waals surface area contributed by atoms with Crippen molar-refractivity contribution >= 4 is 40.0 Å². The first-order chi connectivity index (χ1) is 13.2. The number of benzene rings is 1. The Morgan fingerprint density at radius 3 is 2.89 bits per heavy atom. The van der Waals surface area contributed by atoms with Crippen molar-refractivity contribution in [2.45, 2.75) is 44.0 Å². The van der Waals surface area contributed by atoms with Crippen LogP contribution in [0.25, 0.3) is 0 Å². The largest absolute Gasteiger partial charge is 0.333 e. The third-order valence-corrected chi connectivity index (χ3v) is 7.10. The van der Waals surface area contributed by atoms with Gasteiger partial charge in [0, 0.05) is 28.7 Å². The lowest BCUT2D eigenvalue weighted by Crippen LogP contribution is -2.35. The van der Waals surface area contributed by atoms with E-state index >= 15 is 0 Å². The van der Waals surface area contributed by atoms with E-state index in [1.807, 2.05) is 29.2 Å². The molecule has 1 aromatic carbocycles. The number of anilines is 1. The van der Waals surface area contributed by atoms with E-state index in [1.54, 1.807) is 11.8 Å². The van der Waals surface area contributed by atoms with Crippen molar-refractivity contribution in [1.29, 1.82) is 0 Å². The van der Waals surface area contributed by atoms with Gasteiger partial charge in [-0.15, -0.1) is 11.8 Å². The lowest BCUT2D eigenvalue weighted by atomic mass is 9.85. The molecule has 0 bridgehead atoms. The van der Waals surface area contributed by atoms with E-state index in [2.05, 4.69) is 17.2 Å². The minimum Gasteiger partial charge on any atom is -0.333 e. The lowest BCUT2D eigenvalue weighted by molar-refractivity contribution is -0.122. The predicted octanol–water partition coefficient (Wildman–Crippen LogP) is 4.19. The second-order valence-electron chi connectivity index (χ2n) is 6.91. The number of aromatic nitrogens is 1. The molecule has 2 aliphatic rings. The maximum atomic E-state index is 13.1. The zero-order valence-electron chi connectivity index (χ0n) is 15.4. The Morgan fingerprint density at radius 2 is 2.15 bits per heavy atom. The highest BCUT2D eigenvalue weighted by molar-refractivity contribution is 7.99. The van der Waals surface area contributed by atoms with Crippen LogP contribution in [-0.4, -0.2) is 34.0 Å². The van der Waals surface area contributed by atoms with Crippen LogP contribution in [0.3, 0.4) is 0 Å². The summed E-state index contributed by atoms with van der Waals surface area (Å²) in [5, 5.41) is 3.64. The van der Waals surface area contributed by atoms with Gasteiger partial charge in [-0.25, -0.2) is 4.98 Å². The molecule has 1 aliphatic heterocycles. The third kappa shape index (κ3) is 3.89. The predicted molar refractivity (Wildman–Crippen MR) is 109 cm³/mol. The molecule has 1 N–H and O–H groups in total. The smallest absolute Gasteiger partial charge is 0.255 e. The van der Waals surface area contributed by atoms with Crippen molar-refractivity contribution in [2.75, 3.05) is 17.6 Å². The molecule has 2 aromatic rings. The van der Waals surface area contributed by atoms with Crippen molar-refractivity contribution in [1.82, 2.24) is 9.88 Å². The fraction of sp³-hybridized carbons (Fsp3) is 0.450. The van der Waals surface area contributed by atoms with Crippen molar-refractivity contribution in [3.05, 3.63) is 40.4 Å². The lowest BCUT2D eigenvalue weighted by Gasteiger charge is -2.26. The fourth-order valence-electron chi connectivity index (χ4n) is 3.40. The highest BCUT2D eigenvalue weighted by Gasteiger charge is 2.29. The molecule has 1 aromatic heterocycles. The van der Waals surface area contributed by atoms with Crippen molar-refractivity contribution in [2.24, 2.45) is 5.92 Å². The van der Waals surface area contributed by atoms with Gasteiger partial charge >= 0.3 is 0 Å². The van der Waals surface area contributed by atoms with Gasteiger partial charge in [-0.1, -0.05) is 36.8 Å². The number of carbonyl (C=O) groups excluding carboxylic acids is 2. The molecule has 0 unspecified atom stereocenters. The van der Waals surface area contributed by atoms with Crippen LogP contribution in [-0.2, 0) is 17.8 Å². The average Bonchev–Trinajstić information content (AvgIpc) is 3.01. The minimum absolute atomic E-state index is 0.0747. The van der Waals surface area contributed by atoms with Crippen molar-refractivity contribution in [3.63, 3.8) is 0 Å². The van der Waals surface area contributed by atoms with Crippen molar-refractivity contribution < 1.29 is 9.59 Å². The molecule has 0 radical (unpaired) electrons. The first kappa shape index (κ1) is 18.5. The number of thiazole rings is 1. The van der Waals surface area contributed by atoms with Crippen LogP contribution in [0.15, 0.2) is 29.2 Å². The molecular formula is C20H23N3O2S2. The van der Waals surface area contributed by atoms with Crippen LogP contribution in [0.4, 0.5) is 5.13 Å². The summed E-state index contributed by atoms with van der Waals surface area (Å²) in [6.07, 6.45) is 3.84. The van der Waals surface area contributed by atoms with Gasteiger partial charge in [0.25, 0.3) is 5.91 Å². The molecule has 0 spiro atoms. The van der Waals surface area contributed by atoms with Gasteiger partial charge in [0.05, 0.1) is 17.8 Å². The number of nitrogens with one attached hydrogen (secondary N) is 1. The normalized spacial score (nSPS) is 16.6. The summed E-state index contributed by atoms with van der Waals surface area (Å²) in [7, 11) is 0. The Bertz CT molecular complexity index is 861. The molecule has 1 aliphatic carbocycles. The number of hydrogen-bond acceptors (Lipinski definition) is 5. The zero-order valence-corrected chi connectivity index (χ0v) is 17.0. The van der Waals surface area contributed by atoms with E-state index in [1.165, 1.54) is 11.3 Å². The number of carbonyl (C=O) groups is 2. The number of thioether (sulfide) groups is 1. The molecular weight excluding hydrogens is 378 g/mol. The maximum Gasteiger partial charge on any atom is 0.255 e. The maximum absolute atomic E-state index is 13.1. The van der Waals surface area contributed by atoms with E-state index < -0.39 is 0 Å². The number of nitrogens with zero attached hydrogens (tertiary/aromatic N) is 2. The summed E-state index contributed by atoms with van der Waals surface area (Å²) in [5.41, 5.74) is 1.79. The number of fused-ring (bicyclic) bond motifs is 1. The standard InChI is InChI=1S/C20H23N3O2S2/c1-2-26-16-9-4-3-8-14(16)19(25)23-11-10-15-17(12-23)27-20(21-15)22-18(24)13-6-5-7-13/h3-4,8-9,13H,2,5-7,10-12H2,1H3,(H,21,22,24). The van der Waals surface area contributed by atoms with E-state index in [9.17, 15) is 9.59 Å². The SMILES string of the molecule is CCSc1ccccc1C(=O)N1CCc2nc(NC(=O)C3CCC3)sc2C1. The van der Waals surface area contributed by atoms with Gasteiger partial charge in [0.15, 0.2) is 5.13 Å². The van der Waals surface area contributed by atoms with Crippen LogP contribution in [0.5, 0.6) is 0 Å². The fourth-order valence-corrected chi connectivity index (χ4v) is 5.22. The van der Waals surface area contributed by atoms with Gasteiger partial charge in [-0.2, -0.15) is 0 Å². The summed E-state index contributed by atoms with van der Waals surface area (Å²) in [6.45, 7) is 3.32. The second-order valence-corrected chi connectivity index (χ2v) is 9.30. The molecule has 1 saturated carbocycles. The van der Waals surface area contributed by atoms with E-state index in [0.717, 1.165) is 52.5 Å². The summed E-state index contributed by atoms with van der Waals surface area (Å²) in [4.78, 5) is 33.8. The number of hydrogen-bond donors (Lipinski definition) is 1. The van der Waals surface area contributed by atoms with Gasteiger partial charge in [-0.3, -0.25) is 9.59 Å². The van der Waals surface area contributed by atoms with Crippen LogP contribution in [0, 0.1) is 5.92 Å². The monoisotopic (exact) mass is 401 g/mol. The third-order valence-electron chi connectivity index (χ3n) is 5.14. The molecule has 2 amide bonds. The average molecular weight is 402 g/mol. The van der Waals surface area contributed by atoms with Crippen LogP contribution in [0.2, 0.25) is 0 Å². The highest BCUT2D eigenvalue weighted by Crippen LogP contribution is 2.32. The molecule has 0 atom stereocenters. The summed E-state index contributed by atoms with van der Waals surface area (Å²) in [6, 6.07) is 7.82. The Kier molecular flexibility index (Phi) is 5.50. The van der Waals surface area contributed by atoms with Crippen LogP contribution < -0.4 is 5.32 Å². The minimum atomic E-state index is 0.0747. The summed E-state index contributed by atoms with van der Waals surface area (Å²) >= 11 is 3.20. The topological polar surface area (TPSA) is 62.3 Å². The summed E-state index contributed by atoms with van der Waals surface area (Å²) in [5.74, 6) is 1.25. The first-order valence-electron chi connectivity index (χ1n) is 9.46. The Balaban J connectivity index is 1.46. The molecule has 0 saturated heterocycles. The second kappa shape index (κ2) is 8.02. The van der Waals surface area contributed by atoms with Gasteiger partial charge in [-0.05, 0) is 30.7 Å². The first-order valence-corrected chi connectivity index (χ1v) is 11.3. The quantitative estimate of drug-likeness (QED) is 0.763. The number of rotatable bonds is 5. The van der Waals surface area contributed by atoms with Crippen LogP contribution in [0.1, 0.15) is 47.1 Å². The molecule has 142 valence electrons. The van der Waals surface area contributed by atoms with E-state index in [-0.39, 0.29) is 17.7 Å². The summed E-state index contributed by atoms with van der Waals surface area (Å²) < 4.78 is 0. The Morgan fingerprint density at radius 1 is 1.33 bits per heavy atom. The van der Waals surface area contributed by atoms with E-state index in [0.29, 0.717) is 18.2 Å². The number of amides is 2. The zero-order chi connectivity index (χ0) is 18.8. The molecule has 2 heterocycles. The van der Waals surface area contributed by atoms with Gasteiger partial charge in [0.1, 0.15) is 0 Å². The van der Waals surface area contributed by atoms with Gasteiger partial charge < -0.3 is 10.2 Å². The molecule has 7 heteroatoms. The molecule has 1 fully saturated rings. The van der Waals surface area contributed by atoms with E-state index in [4.69, 9.17) is 0 Å². The molecule has 5 nitrogen and oxygen atoms in total. The molecule has 4 rings (SSSR count). The van der Waals surface area contributed by atoms with Crippen LogP contribution >= 0.6 is 23.1 Å². The highest BCUT2D eigenvalue weighted by atomic mass is 32.2. The van der Waals surface area contributed by atoms with Crippen molar-refractivity contribution in [3.8, 4) is 0 Å². The Labute approximate surface area is 167 Å². The molecule has 27 heavy (non-hydrogen) atoms.